The first-order valence-corrected chi connectivity index (χ1v) is 6.88. The van der Waals surface area contributed by atoms with Crippen LogP contribution < -0.4 is 0 Å². The molecular weight excluding hydrogens is 194 g/mol. The minimum atomic E-state index is 0.919. The molecule has 0 radical (unpaired) electrons. The second-order valence-corrected chi connectivity index (χ2v) is 4.38. The molecule has 0 aliphatic carbocycles. The Morgan fingerprint density at radius 3 is 2.36 bits per heavy atom. The lowest BCUT2D eigenvalue weighted by Crippen LogP contribution is -2.33. The fourth-order valence-electron chi connectivity index (χ4n) is 1.41. The van der Waals surface area contributed by atoms with Crippen LogP contribution >= 0.6 is 11.8 Å². The molecule has 0 bridgehead atoms. The molecule has 0 aromatic rings. The molecule has 1 heterocycles. The second kappa shape index (κ2) is 11.3. The maximum Gasteiger partial charge on any atom is 0.0462 e. The molecule has 0 saturated carbocycles. The lowest BCUT2D eigenvalue weighted by molar-refractivity contribution is 0.185. The first-order valence-electron chi connectivity index (χ1n) is 5.72. The van der Waals surface area contributed by atoms with Crippen LogP contribution in [0.1, 0.15) is 26.7 Å². The average molecular weight is 219 g/mol. The molecule has 1 aliphatic rings. The summed E-state index contributed by atoms with van der Waals surface area (Å²) in [5.41, 5.74) is 0. The molecule has 0 amide bonds. The number of methoxy groups -OCH3 is 1. The van der Waals surface area contributed by atoms with E-state index in [9.17, 15) is 0 Å². The lowest BCUT2D eigenvalue weighted by atomic mass is 10.3. The van der Waals surface area contributed by atoms with Crippen molar-refractivity contribution in [2.75, 3.05) is 44.9 Å². The van der Waals surface area contributed by atoms with Crippen molar-refractivity contribution in [3.8, 4) is 0 Å². The Hall–Kier alpha value is 0.270. The number of ether oxygens (including phenoxy) is 1. The zero-order chi connectivity index (χ0) is 10.6. The molecule has 0 atom stereocenters. The van der Waals surface area contributed by atoms with Crippen LogP contribution in [-0.2, 0) is 4.74 Å². The Morgan fingerprint density at radius 2 is 1.79 bits per heavy atom. The normalized spacial score (nSPS) is 17.4. The van der Waals surface area contributed by atoms with Crippen LogP contribution in [0.2, 0.25) is 0 Å². The van der Waals surface area contributed by atoms with Crippen LogP contribution in [0, 0.1) is 0 Å². The largest absolute Gasteiger partial charge is 0.385 e. The molecule has 0 aromatic carbocycles. The molecule has 0 spiro atoms. The Kier molecular flexibility index (Phi) is 11.6. The van der Waals surface area contributed by atoms with Crippen molar-refractivity contribution >= 4 is 11.8 Å². The highest BCUT2D eigenvalue weighted by molar-refractivity contribution is 7.99. The van der Waals surface area contributed by atoms with E-state index in [0.29, 0.717) is 0 Å². The molecule has 2 nitrogen and oxygen atoms in total. The number of rotatable bonds is 5. The Bertz CT molecular complexity index is 105. The molecular formula is C11H25NOS. The van der Waals surface area contributed by atoms with E-state index in [1.807, 2.05) is 13.8 Å². The van der Waals surface area contributed by atoms with Gasteiger partial charge in [0.05, 0.1) is 0 Å². The molecule has 3 heteroatoms. The minimum Gasteiger partial charge on any atom is -0.385 e. The monoisotopic (exact) mass is 219 g/mol. The van der Waals surface area contributed by atoms with Gasteiger partial charge in [0.2, 0.25) is 0 Å². The molecule has 1 fully saturated rings. The highest BCUT2D eigenvalue weighted by atomic mass is 32.2. The van der Waals surface area contributed by atoms with Crippen molar-refractivity contribution in [2.24, 2.45) is 0 Å². The zero-order valence-electron chi connectivity index (χ0n) is 9.92. The van der Waals surface area contributed by atoms with Gasteiger partial charge >= 0.3 is 0 Å². The van der Waals surface area contributed by atoms with Crippen LogP contribution in [-0.4, -0.2) is 49.8 Å². The highest BCUT2D eigenvalue weighted by Gasteiger charge is 2.08. The molecule has 1 aliphatic heterocycles. The predicted octanol–water partition coefficient (Wildman–Crippen LogP) is 2.49. The van der Waals surface area contributed by atoms with Crippen molar-refractivity contribution < 1.29 is 4.74 Å². The molecule has 1 saturated heterocycles. The van der Waals surface area contributed by atoms with Gasteiger partial charge in [-0.1, -0.05) is 13.8 Å². The minimum absolute atomic E-state index is 0.919. The van der Waals surface area contributed by atoms with Gasteiger partial charge in [-0.25, -0.2) is 0 Å². The number of thioether (sulfide) groups is 1. The number of hydrogen-bond donors (Lipinski definition) is 0. The van der Waals surface area contributed by atoms with Crippen molar-refractivity contribution in [2.45, 2.75) is 26.7 Å². The topological polar surface area (TPSA) is 12.5 Å². The van der Waals surface area contributed by atoms with E-state index in [2.05, 4.69) is 16.7 Å². The van der Waals surface area contributed by atoms with E-state index < -0.39 is 0 Å². The Morgan fingerprint density at radius 1 is 1.14 bits per heavy atom. The van der Waals surface area contributed by atoms with E-state index in [1.54, 1.807) is 7.11 Å². The summed E-state index contributed by atoms with van der Waals surface area (Å²) in [6.07, 6.45) is 2.50. The third-order valence-corrected chi connectivity index (χ3v) is 3.12. The van der Waals surface area contributed by atoms with Gasteiger partial charge in [-0.2, -0.15) is 11.8 Å². The summed E-state index contributed by atoms with van der Waals surface area (Å²) >= 11 is 2.08. The van der Waals surface area contributed by atoms with Gasteiger partial charge in [-0.05, 0) is 19.4 Å². The summed E-state index contributed by atoms with van der Waals surface area (Å²) in [5, 5.41) is 0. The van der Waals surface area contributed by atoms with Crippen molar-refractivity contribution in [1.29, 1.82) is 0 Å². The fraction of sp³-hybridized carbons (Fsp3) is 1.00. The third-order valence-electron chi connectivity index (χ3n) is 2.18. The first-order chi connectivity index (χ1) is 6.93. The average Bonchev–Trinajstić information content (AvgIpc) is 2.29. The maximum absolute atomic E-state index is 5.01. The summed E-state index contributed by atoms with van der Waals surface area (Å²) in [5.74, 6) is 2.65. The molecule has 0 aromatic heterocycles. The zero-order valence-corrected chi connectivity index (χ0v) is 10.7. The lowest BCUT2D eigenvalue weighted by Gasteiger charge is -2.25. The predicted molar refractivity (Wildman–Crippen MR) is 66.2 cm³/mol. The van der Waals surface area contributed by atoms with Gasteiger partial charge in [-0.3, -0.25) is 0 Å². The number of unbranched alkanes of at least 4 members (excludes halogenated alkanes) is 1. The van der Waals surface area contributed by atoms with E-state index >= 15 is 0 Å². The molecule has 1 rings (SSSR count). The van der Waals surface area contributed by atoms with Crippen molar-refractivity contribution in [3.63, 3.8) is 0 Å². The van der Waals surface area contributed by atoms with Crippen molar-refractivity contribution in [3.05, 3.63) is 0 Å². The van der Waals surface area contributed by atoms with Crippen LogP contribution in [0.3, 0.4) is 0 Å². The van der Waals surface area contributed by atoms with E-state index in [-0.39, 0.29) is 0 Å². The first kappa shape index (κ1) is 14.3. The standard InChI is InChI=1S/C9H19NOS.C2H6/c1-11-7-3-2-4-10-5-8-12-9-6-10;1-2/h2-9H2,1H3;1-2H3. The number of nitrogens with zero attached hydrogens (tertiary/aromatic N) is 1. The smallest absolute Gasteiger partial charge is 0.0462 e. The van der Waals surface area contributed by atoms with Gasteiger partial charge in [0.15, 0.2) is 0 Å². The third kappa shape index (κ3) is 7.65. The fourth-order valence-corrected chi connectivity index (χ4v) is 2.39. The maximum atomic E-state index is 5.01. The van der Waals surface area contributed by atoms with Crippen molar-refractivity contribution in [1.82, 2.24) is 4.90 Å². The van der Waals surface area contributed by atoms with Crippen LogP contribution in [0.4, 0.5) is 0 Å². The molecule has 86 valence electrons. The van der Waals surface area contributed by atoms with Crippen LogP contribution in [0.15, 0.2) is 0 Å². The Balaban J connectivity index is 0.000000791. The van der Waals surface area contributed by atoms with E-state index in [0.717, 1.165) is 6.61 Å². The number of hydrogen-bond acceptors (Lipinski definition) is 3. The summed E-state index contributed by atoms with van der Waals surface area (Å²) < 4.78 is 5.01. The van der Waals surface area contributed by atoms with Crippen LogP contribution in [0.25, 0.3) is 0 Å². The summed E-state index contributed by atoms with van der Waals surface area (Å²) in [6, 6.07) is 0. The molecule has 14 heavy (non-hydrogen) atoms. The van der Waals surface area contributed by atoms with E-state index in [1.165, 1.54) is 44.0 Å². The summed E-state index contributed by atoms with van der Waals surface area (Å²) in [4.78, 5) is 2.56. The van der Waals surface area contributed by atoms with Gasteiger partial charge in [0.25, 0.3) is 0 Å². The van der Waals surface area contributed by atoms with Gasteiger partial charge in [-0.15, -0.1) is 0 Å². The van der Waals surface area contributed by atoms with Gasteiger partial charge in [0.1, 0.15) is 0 Å². The Labute approximate surface area is 93.4 Å². The second-order valence-electron chi connectivity index (χ2n) is 3.15. The van der Waals surface area contributed by atoms with Gasteiger partial charge < -0.3 is 9.64 Å². The summed E-state index contributed by atoms with van der Waals surface area (Å²) in [6.45, 7) is 8.77. The molecule has 0 N–H and O–H groups in total. The van der Waals surface area contributed by atoms with E-state index in [4.69, 9.17) is 4.74 Å². The van der Waals surface area contributed by atoms with Gasteiger partial charge in [0, 0.05) is 38.3 Å². The molecule has 0 unspecified atom stereocenters. The highest BCUT2D eigenvalue weighted by Crippen LogP contribution is 2.09. The quantitative estimate of drug-likeness (QED) is 0.659. The summed E-state index contributed by atoms with van der Waals surface area (Å²) in [7, 11) is 1.78. The van der Waals surface area contributed by atoms with Crippen LogP contribution in [0.5, 0.6) is 0 Å². The SMILES string of the molecule is CC.COCCCCN1CCSCC1.